The Morgan fingerprint density at radius 1 is 0.870 bits per heavy atom. The maximum absolute atomic E-state index is 12.1. The Balaban J connectivity index is 0.00000264. The predicted molar refractivity (Wildman–Crippen MR) is 94.6 cm³/mol. The van der Waals surface area contributed by atoms with Crippen LogP contribution in [0.1, 0.15) is 57.8 Å². The van der Waals surface area contributed by atoms with Crippen molar-refractivity contribution in [1.29, 1.82) is 0 Å². The fourth-order valence-corrected chi connectivity index (χ4v) is 3.63. The van der Waals surface area contributed by atoms with E-state index < -0.39 is 0 Å². The maximum atomic E-state index is 12.1. The summed E-state index contributed by atoms with van der Waals surface area (Å²) in [4.78, 5) is 24.2. The molecular formula is C17H32ClN3O2. The molecular weight excluding hydrogens is 314 g/mol. The summed E-state index contributed by atoms with van der Waals surface area (Å²) in [5.41, 5.74) is 0. The third-order valence-electron chi connectivity index (χ3n) is 5.07. The predicted octanol–water partition coefficient (Wildman–Crippen LogP) is 2.00. The van der Waals surface area contributed by atoms with Crippen molar-refractivity contribution in [2.24, 2.45) is 11.8 Å². The lowest BCUT2D eigenvalue weighted by Crippen LogP contribution is -2.42. The second-order valence-corrected chi connectivity index (χ2v) is 6.79. The zero-order valence-electron chi connectivity index (χ0n) is 14.2. The number of carbonyl (C=O) groups excluding carboxylic acids is 2. The molecule has 0 aromatic rings. The van der Waals surface area contributed by atoms with Crippen molar-refractivity contribution in [2.45, 2.75) is 63.8 Å². The Kier molecular flexibility index (Phi) is 9.56. The molecule has 0 unspecified atom stereocenters. The van der Waals surface area contributed by atoms with Gasteiger partial charge in [0.15, 0.2) is 0 Å². The molecule has 2 rings (SSSR count). The van der Waals surface area contributed by atoms with Crippen molar-refractivity contribution in [1.82, 2.24) is 16.0 Å². The van der Waals surface area contributed by atoms with E-state index in [9.17, 15) is 9.59 Å². The van der Waals surface area contributed by atoms with E-state index in [1.54, 1.807) is 0 Å². The normalized spacial score (nSPS) is 24.7. The van der Waals surface area contributed by atoms with Crippen LogP contribution in [-0.2, 0) is 9.59 Å². The van der Waals surface area contributed by atoms with Gasteiger partial charge in [0.05, 0.1) is 0 Å². The summed E-state index contributed by atoms with van der Waals surface area (Å²) in [6.07, 6.45) is 9.12. The number of hydrogen-bond acceptors (Lipinski definition) is 3. The van der Waals surface area contributed by atoms with Crippen LogP contribution in [0.2, 0.25) is 0 Å². The SMILES string of the molecule is CNCCCNC(=O)C1CCC(NC(=O)C2CCCC2)CC1.Cl. The number of rotatable bonds is 7. The molecule has 6 heteroatoms. The second kappa shape index (κ2) is 10.9. The molecule has 0 bridgehead atoms. The van der Waals surface area contributed by atoms with Gasteiger partial charge in [-0.05, 0) is 58.5 Å². The Morgan fingerprint density at radius 3 is 2.09 bits per heavy atom. The van der Waals surface area contributed by atoms with E-state index in [1.807, 2.05) is 7.05 Å². The topological polar surface area (TPSA) is 70.2 Å². The van der Waals surface area contributed by atoms with E-state index in [4.69, 9.17) is 0 Å². The quantitative estimate of drug-likeness (QED) is 0.618. The minimum atomic E-state index is 0. The zero-order chi connectivity index (χ0) is 15.8. The largest absolute Gasteiger partial charge is 0.356 e. The van der Waals surface area contributed by atoms with E-state index >= 15 is 0 Å². The van der Waals surface area contributed by atoms with Gasteiger partial charge < -0.3 is 16.0 Å². The Morgan fingerprint density at radius 2 is 1.48 bits per heavy atom. The number of nitrogens with one attached hydrogen (secondary N) is 3. The molecule has 3 N–H and O–H groups in total. The first-order chi connectivity index (χ1) is 10.7. The fourth-order valence-electron chi connectivity index (χ4n) is 3.63. The number of carbonyl (C=O) groups is 2. The van der Waals surface area contributed by atoms with Crippen LogP contribution in [0.25, 0.3) is 0 Å². The van der Waals surface area contributed by atoms with Gasteiger partial charge in [-0.2, -0.15) is 0 Å². The van der Waals surface area contributed by atoms with Crippen molar-refractivity contribution in [3.63, 3.8) is 0 Å². The highest BCUT2D eigenvalue weighted by molar-refractivity contribution is 5.85. The molecule has 2 aliphatic carbocycles. The number of amides is 2. The summed E-state index contributed by atoms with van der Waals surface area (Å²) in [6, 6.07) is 0.279. The van der Waals surface area contributed by atoms with Crippen molar-refractivity contribution < 1.29 is 9.59 Å². The molecule has 0 aromatic heterocycles. The molecule has 23 heavy (non-hydrogen) atoms. The van der Waals surface area contributed by atoms with Crippen LogP contribution in [-0.4, -0.2) is 38.0 Å². The third kappa shape index (κ3) is 6.68. The molecule has 2 fully saturated rings. The number of halogens is 1. The van der Waals surface area contributed by atoms with Crippen LogP contribution in [0, 0.1) is 11.8 Å². The first-order valence-corrected chi connectivity index (χ1v) is 8.93. The molecule has 0 aliphatic heterocycles. The average molecular weight is 346 g/mol. The van der Waals surface area contributed by atoms with Gasteiger partial charge in [-0.1, -0.05) is 12.8 Å². The summed E-state index contributed by atoms with van der Waals surface area (Å²) >= 11 is 0. The van der Waals surface area contributed by atoms with E-state index in [0.29, 0.717) is 0 Å². The minimum Gasteiger partial charge on any atom is -0.356 e. The lowest BCUT2D eigenvalue weighted by atomic mass is 9.85. The average Bonchev–Trinajstić information content (AvgIpc) is 3.06. The lowest BCUT2D eigenvalue weighted by Gasteiger charge is -2.29. The smallest absolute Gasteiger partial charge is 0.223 e. The van der Waals surface area contributed by atoms with E-state index in [1.165, 1.54) is 12.8 Å². The van der Waals surface area contributed by atoms with Gasteiger partial charge in [0.25, 0.3) is 0 Å². The highest BCUT2D eigenvalue weighted by Gasteiger charge is 2.29. The standard InChI is InChI=1S/C17H31N3O2.ClH/c1-18-11-4-12-19-16(21)14-7-9-15(10-8-14)20-17(22)13-5-2-3-6-13;/h13-15,18H,2-12H2,1H3,(H,19,21)(H,20,22);1H. The molecule has 0 heterocycles. The molecule has 134 valence electrons. The molecule has 0 atom stereocenters. The second-order valence-electron chi connectivity index (χ2n) is 6.79. The van der Waals surface area contributed by atoms with Crippen LogP contribution in [0.5, 0.6) is 0 Å². The summed E-state index contributed by atoms with van der Waals surface area (Å²) in [7, 11) is 1.92. The molecule has 2 aliphatic rings. The Hall–Kier alpha value is -0.810. The zero-order valence-corrected chi connectivity index (χ0v) is 15.1. The van der Waals surface area contributed by atoms with Gasteiger partial charge >= 0.3 is 0 Å². The Bertz CT molecular complexity index is 365. The van der Waals surface area contributed by atoms with Crippen molar-refractivity contribution >= 4 is 24.2 Å². The van der Waals surface area contributed by atoms with Crippen LogP contribution < -0.4 is 16.0 Å². The van der Waals surface area contributed by atoms with Gasteiger partial charge in [-0.15, -0.1) is 12.4 Å². The third-order valence-corrected chi connectivity index (χ3v) is 5.07. The van der Waals surface area contributed by atoms with Crippen molar-refractivity contribution in [2.75, 3.05) is 20.1 Å². The summed E-state index contributed by atoms with van der Waals surface area (Å²) < 4.78 is 0. The van der Waals surface area contributed by atoms with Gasteiger partial charge in [-0.25, -0.2) is 0 Å². The molecule has 0 spiro atoms. The van der Waals surface area contributed by atoms with Crippen molar-refractivity contribution in [3.8, 4) is 0 Å². The highest BCUT2D eigenvalue weighted by atomic mass is 35.5. The first-order valence-electron chi connectivity index (χ1n) is 8.93. The highest BCUT2D eigenvalue weighted by Crippen LogP contribution is 2.27. The Labute approximate surface area is 146 Å². The summed E-state index contributed by atoms with van der Waals surface area (Å²) in [5.74, 6) is 0.816. The van der Waals surface area contributed by atoms with Gasteiger partial charge in [0, 0.05) is 24.4 Å². The molecule has 2 amide bonds. The van der Waals surface area contributed by atoms with Crippen LogP contribution in [0.3, 0.4) is 0 Å². The fraction of sp³-hybridized carbons (Fsp3) is 0.882. The van der Waals surface area contributed by atoms with Gasteiger partial charge in [0.2, 0.25) is 11.8 Å². The number of hydrogen-bond donors (Lipinski definition) is 3. The molecule has 0 radical (unpaired) electrons. The summed E-state index contributed by atoms with van der Waals surface area (Å²) in [6.45, 7) is 1.68. The molecule has 2 saturated carbocycles. The van der Waals surface area contributed by atoms with Gasteiger partial charge in [-0.3, -0.25) is 9.59 Å². The van der Waals surface area contributed by atoms with Crippen molar-refractivity contribution in [3.05, 3.63) is 0 Å². The van der Waals surface area contributed by atoms with Crippen LogP contribution >= 0.6 is 12.4 Å². The minimum absolute atomic E-state index is 0. The molecule has 0 aromatic carbocycles. The molecule has 5 nitrogen and oxygen atoms in total. The maximum Gasteiger partial charge on any atom is 0.223 e. The summed E-state index contributed by atoms with van der Waals surface area (Å²) in [5, 5.41) is 9.30. The van der Waals surface area contributed by atoms with Gasteiger partial charge in [0.1, 0.15) is 0 Å². The van der Waals surface area contributed by atoms with E-state index in [-0.39, 0.29) is 42.1 Å². The lowest BCUT2D eigenvalue weighted by molar-refractivity contribution is -0.126. The van der Waals surface area contributed by atoms with E-state index in [0.717, 1.165) is 58.0 Å². The first kappa shape index (κ1) is 20.2. The van der Waals surface area contributed by atoms with E-state index in [2.05, 4.69) is 16.0 Å². The van der Waals surface area contributed by atoms with Crippen LogP contribution in [0.15, 0.2) is 0 Å². The van der Waals surface area contributed by atoms with Crippen LogP contribution in [0.4, 0.5) is 0 Å². The molecule has 0 saturated heterocycles. The monoisotopic (exact) mass is 345 g/mol.